The Morgan fingerprint density at radius 2 is 2.00 bits per heavy atom. The van der Waals surface area contributed by atoms with Gasteiger partial charge in [-0.05, 0) is 29.7 Å². The molecule has 7 heteroatoms. The number of hydrogen-bond donors (Lipinski definition) is 1. The molecule has 0 aliphatic rings. The zero-order valence-electron chi connectivity index (χ0n) is 14.2. The van der Waals surface area contributed by atoms with Crippen LogP contribution in [-0.2, 0) is 4.79 Å². The predicted octanol–water partition coefficient (Wildman–Crippen LogP) is 4.40. The summed E-state index contributed by atoms with van der Waals surface area (Å²) in [6, 6.07) is 17.3. The smallest absolute Gasteiger partial charge is 0.277 e. The van der Waals surface area contributed by atoms with Gasteiger partial charge in [-0.3, -0.25) is 4.79 Å². The molecular weight excluding hydrogens is 370 g/mol. The number of rotatable bonds is 7. The SMILES string of the molecule is C[C@H](CNC(=O)CSc1nnc(-c2cccc(Cl)c2)o1)c1ccccc1. The molecule has 1 N–H and O–H groups in total. The standard InChI is InChI=1S/C19H18ClN3O2S/c1-13(14-6-3-2-4-7-14)11-21-17(24)12-26-19-23-22-18(25-19)15-8-5-9-16(20)10-15/h2-10,13H,11-12H2,1H3,(H,21,24)/t13-/m1/s1. The van der Waals surface area contributed by atoms with Gasteiger partial charge < -0.3 is 9.73 Å². The van der Waals surface area contributed by atoms with E-state index in [1.807, 2.05) is 30.3 Å². The van der Waals surface area contributed by atoms with Gasteiger partial charge in [-0.25, -0.2) is 0 Å². The summed E-state index contributed by atoms with van der Waals surface area (Å²) in [5.41, 5.74) is 1.95. The highest BCUT2D eigenvalue weighted by atomic mass is 35.5. The first kappa shape index (κ1) is 18.5. The van der Waals surface area contributed by atoms with Crippen LogP contribution in [0.25, 0.3) is 11.5 Å². The van der Waals surface area contributed by atoms with Crippen LogP contribution in [0.5, 0.6) is 0 Å². The topological polar surface area (TPSA) is 68.0 Å². The summed E-state index contributed by atoms with van der Waals surface area (Å²) in [5.74, 6) is 0.787. The number of nitrogens with zero attached hydrogens (tertiary/aromatic N) is 2. The number of hydrogen-bond acceptors (Lipinski definition) is 5. The van der Waals surface area contributed by atoms with Gasteiger partial charge in [0.25, 0.3) is 5.22 Å². The summed E-state index contributed by atoms with van der Waals surface area (Å²) < 4.78 is 5.57. The third-order valence-corrected chi connectivity index (χ3v) is 4.83. The Labute approximate surface area is 161 Å². The molecule has 1 atom stereocenters. The molecule has 2 aromatic carbocycles. The zero-order valence-corrected chi connectivity index (χ0v) is 15.8. The summed E-state index contributed by atoms with van der Waals surface area (Å²) in [5, 5.41) is 11.8. The second kappa shape index (κ2) is 8.87. The second-order valence-electron chi connectivity index (χ2n) is 5.79. The summed E-state index contributed by atoms with van der Waals surface area (Å²) in [4.78, 5) is 12.0. The van der Waals surface area contributed by atoms with E-state index in [1.165, 1.54) is 17.3 Å². The Bertz CT molecular complexity index is 870. The Morgan fingerprint density at radius 3 is 2.77 bits per heavy atom. The molecule has 0 fully saturated rings. The van der Waals surface area contributed by atoms with E-state index in [1.54, 1.807) is 12.1 Å². The number of carbonyl (C=O) groups excluding carboxylic acids is 1. The molecule has 5 nitrogen and oxygen atoms in total. The molecule has 0 radical (unpaired) electrons. The highest BCUT2D eigenvalue weighted by Crippen LogP contribution is 2.25. The lowest BCUT2D eigenvalue weighted by Gasteiger charge is -2.12. The van der Waals surface area contributed by atoms with Crippen molar-refractivity contribution in [1.29, 1.82) is 0 Å². The predicted molar refractivity (Wildman–Crippen MR) is 103 cm³/mol. The quantitative estimate of drug-likeness (QED) is 0.608. The van der Waals surface area contributed by atoms with E-state index >= 15 is 0 Å². The molecule has 0 spiro atoms. The van der Waals surface area contributed by atoms with Crippen molar-refractivity contribution in [2.24, 2.45) is 0 Å². The van der Waals surface area contributed by atoms with Crippen molar-refractivity contribution in [3.8, 4) is 11.5 Å². The fraction of sp³-hybridized carbons (Fsp3) is 0.211. The highest BCUT2D eigenvalue weighted by molar-refractivity contribution is 7.99. The van der Waals surface area contributed by atoms with E-state index in [9.17, 15) is 4.79 Å². The van der Waals surface area contributed by atoms with Gasteiger partial charge in [-0.15, -0.1) is 10.2 Å². The van der Waals surface area contributed by atoms with E-state index < -0.39 is 0 Å². The van der Waals surface area contributed by atoms with Gasteiger partial charge in [0.2, 0.25) is 11.8 Å². The molecule has 134 valence electrons. The van der Waals surface area contributed by atoms with Crippen LogP contribution in [0.15, 0.2) is 64.2 Å². The van der Waals surface area contributed by atoms with E-state index in [0.29, 0.717) is 22.7 Å². The van der Waals surface area contributed by atoms with Gasteiger partial charge in [0.15, 0.2) is 0 Å². The first-order valence-electron chi connectivity index (χ1n) is 8.15. The Balaban J connectivity index is 1.48. The van der Waals surface area contributed by atoms with Gasteiger partial charge >= 0.3 is 0 Å². The molecule has 0 aliphatic heterocycles. The van der Waals surface area contributed by atoms with Crippen LogP contribution in [0.4, 0.5) is 0 Å². The molecule has 0 unspecified atom stereocenters. The lowest BCUT2D eigenvalue weighted by molar-refractivity contribution is -0.118. The maximum atomic E-state index is 12.0. The van der Waals surface area contributed by atoms with E-state index in [4.69, 9.17) is 16.0 Å². The van der Waals surface area contributed by atoms with Crippen LogP contribution in [-0.4, -0.2) is 28.4 Å². The average molecular weight is 388 g/mol. The van der Waals surface area contributed by atoms with E-state index in [0.717, 1.165) is 5.56 Å². The first-order chi connectivity index (χ1) is 12.6. The Morgan fingerprint density at radius 1 is 1.19 bits per heavy atom. The van der Waals surface area contributed by atoms with Crippen molar-refractivity contribution in [3.05, 3.63) is 65.2 Å². The third-order valence-electron chi connectivity index (χ3n) is 3.78. The van der Waals surface area contributed by atoms with Crippen LogP contribution in [0, 0.1) is 0 Å². The minimum atomic E-state index is -0.0692. The van der Waals surface area contributed by atoms with Crippen LogP contribution >= 0.6 is 23.4 Å². The van der Waals surface area contributed by atoms with Crippen LogP contribution < -0.4 is 5.32 Å². The summed E-state index contributed by atoms with van der Waals surface area (Å²) in [6.45, 7) is 2.67. The summed E-state index contributed by atoms with van der Waals surface area (Å²) in [7, 11) is 0. The molecule has 1 aromatic heterocycles. The van der Waals surface area contributed by atoms with Crippen molar-refractivity contribution >= 4 is 29.3 Å². The summed E-state index contributed by atoms with van der Waals surface area (Å²) in [6.07, 6.45) is 0. The molecular formula is C19H18ClN3O2S. The number of benzene rings is 2. The summed E-state index contributed by atoms with van der Waals surface area (Å²) >= 11 is 7.17. The van der Waals surface area contributed by atoms with Gasteiger partial charge in [0.05, 0.1) is 5.75 Å². The highest BCUT2D eigenvalue weighted by Gasteiger charge is 2.12. The molecule has 0 bridgehead atoms. The number of nitrogens with one attached hydrogen (secondary N) is 1. The number of aromatic nitrogens is 2. The maximum absolute atomic E-state index is 12.0. The Hall–Kier alpha value is -2.31. The van der Waals surface area contributed by atoms with Gasteiger partial charge in [-0.2, -0.15) is 0 Å². The molecule has 0 saturated heterocycles. The van der Waals surface area contributed by atoms with Crippen molar-refractivity contribution in [2.45, 2.75) is 18.1 Å². The fourth-order valence-electron chi connectivity index (χ4n) is 2.35. The number of amides is 1. The number of carbonyl (C=O) groups is 1. The lowest BCUT2D eigenvalue weighted by Crippen LogP contribution is -2.28. The maximum Gasteiger partial charge on any atom is 0.277 e. The first-order valence-corrected chi connectivity index (χ1v) is 9.52. The monoisotopic (exact) mass is 387 g/mol. The van der Waals surface area contributed by atoms with Gasteiger partial charge in [-0.1, -0.05) is 66.7 Å². The van der Waals surface area contributed by atoms with Crippen molar-refractivity contribution in [3.63, 3.8) is 0 Å². The van der Waals surface area contributed by atoms with Crippen LogP contribution in [0.1, 0.15) is 18.4 Å². The molecule has 0 aliphatic carbocycles. The molecule has 1 heterocycles. The second-order valence-corrected chi connectivity index (χ2v) is 7.15. The Kier molecular flexibility index (Phi) is 6.30. The van der Waals surface area contributed by atoms with Crippen LogP contribution in [0.2, 0.25) is 5.02 Å². The normalized spacial score (nSPS) is 11.9. The molecule has 1 amide bonds. The molecule has 3 aromatic rings. The largest absolute Gasteiger partial charge is 0.411 e. The van der Waals surface area contributed by atoms with Gasteiger partial charge in [0.1, 0.15) is 0 Å². The average Bonchev–Trinajstić information content (AvgIpc) is 3.14. The minimum Gasteiger partial charge on any atom is -0.411 e. The van der Waals surface area contributed by atoms with Crippen molar-refractivity contribution in [2.75, 3.05) is 12.3 Å². The van der Waals surface area contributed by atoms with Crippen molar-refractivity contribution in [1.82, 2.24) is 15.5 Å². The zero-order chi connectivity index (χ0) is 18.4. The van der Waals surface area contributed by atoms with Gasteiger partial charge in [0, 0.05) is 17.1 Å². The molecule has 26 heavy (non-hydrogen) atoms. The van der Waals surface area contributed by atoms with Crippen molar-refractivity contribution < 1.29 is 9.21 Å². The molecule has 0 saturated carbocycles. The van der Waals surface area contributed by atoms with E-state index in [2.05, 4.69) is 34.6 Å². The number of thioether (sulfide) groups is 1. The minimum absolute atomic E-state index is 0.0692. The van der Waals surface area contributed by atoms with E-state index in [-0.39, 0.29) is 17.6 Å². The van der Waals surface area contributed by atoms with Crippen LogP contribution in [0.3, 0.4) is 0 Å². The molecule has 3 rings (SSSR count). The number of halogens is 1. The third kappa shape index (κ3) is 5.09. The fourth-order valence-corrected chi connectivity index (χ4v) is 3.13. The lowest BCUT2D eigenvalue weighted by atomic mass is 10.0.